The fourth-order valence-corrected chi connectivity index (χ4v) is 2.26. The Kier molecular flexibility index (Phi) is 3.86. The number of fused-ring (bicyclic) bond motifs is 1. The number of para-hydroxylation sites is 1. The van der Waals surface area contributed by atoms with Crippen molar-refractivity contribution in [3.8, 4) is 11.5 Å². The minimum absolute atomic E-state index is 0.0741. The smallest absolute Gasteiger partial charge is 0.166 e. The van der Waals surface area contributed by atoms with E-state index in [0.29, 0.717) is 0 Å². The van der Waals surface area contributed by atoms with Crippen LogP contribution in [0.15, 0.2) is 18.2 Å². The Morgan fingerprint density at radius 2 is 2.18 bits per heavy atom. The van der Waals surface area contributed by atoms with Crippen LogP contribution in [-0.4, -0.2) is 20.3 Å². The second-order valence-electron chi connectivity index (χ2n) is 4.12. The third-order valence-electron chi connectivity index (χ3n) is 3.02. The lowest BCUT2D eigenvalue weighted by Gasteiger charge is -2.18. The predicted octanol–water partition coefficient (Wildman–Crippen LogP) is 2.45. The first-order valence-electron chi connectivity index (χ1n) is 5.93. The van der Waals surface area contributed by atoms with Crippen molar-refractivity contribution in [2.24, 2.45) is 0 Å². The van der Waals surface area contributed by atoms with E-state index in [-0.39, 0.29) is 12.1 Å². The van der Waals surface area contributed by atoms with Crippen molar-refractivity contribution in [1.82, 2.24) is 5.48 Å². The van der Waals surface area contributed by atoms with Gasteiger partial charge in [0, 0.05) is 5.56 Å². The summed E-state index contributed by atoms with van der Waals surface area (Å²) in [6.45, 7) is 2.15. The van der Waals surface area contributed by atoms with Crippen molar-refractivity contribution < 1.29 is 14.3 Å². The predicted molar refractivity (Wildman–Crippen MR) is 65.2 cm³/mol. The minimum Gasteiger partial charge on any atom is -0.493 e. The summed E-state index contributed by atoms with van der Waals surface area (Å²) >= 11 is 0. The second kappa shape index (κ2) is 5.38. The molecule has 0 amide bonds. The lowest BCUT2D eigenvalue weighted by atomic mass is 10.0. The highest BCUT2D eigenvalue weighted by atomic mass is 16.6. The Balaban J connectivity index is 2.31. The van der Waals surface area contributed by atoms with Gasteiger partial charge in [0.1, 0.15) is 6.10 Å². The van der Waals surface area contributed by atoms with E-state index in [0.717, 1.165) is 29.9 Å². The molecule has 0 radical (unpaired) electrons. The van der Waals surface area contributed by atoms with E-state index in [1.165, 1.54) is 0 Å². The third-order valence-corrected chi connectivity index (χ3v) is 3.02. The summed E-state index contributed by atoms with van der Waals surface area (Å²) in [7, 11) is 3.28. The molecule has 0 bridgehead atoms. The quantitative estimate of drug-likeness (QED) is 0.798. The van der Waals surface area contributed by atoms with Gasteiger partial charge >= 0.3 is 0 Å². The summed E-state index contributed by atoms with van der Waals surface area (Å²) in [4.78, 5) is 5.06. The number of ether oxygens (including phenoxy) is 2. The van der Waals surface area contributed by atoms with Crippen LogP contribution in [0.4, 0.5) is 0 Å². The van der Waals surface area contributed by atoms with Crippen LogP contribution in [0, 0.1) is 0 Å². The number of rotatable bonds is 5. The van der Waals surface area contributed by atoms with Crippen LogP contribution in [0.3, 0.4) is 0 Å². The van der Waals surface area contributed by atoms with Crippen molar-refractivity contribution in [3.63, 3.8) is 0 Å². The number of hydrogen-bond acceptors (Lipinski definition) is 4. The molecule has 2 unspecified atom stereocenters. The average molecular weight is 237 g/mol. The van der Waals surface area contributed by atoms with Crippen LogP contribution < -0.4 is 15.0 Å². The Labute approximate surface area is 102 Å². The number of methoxy groups -OCH3 is 1. The molecular formula is C13H19NO3. The van der Waals surface area contributed by atoms with Gasteiger partial charge in [-0.1, -0.05) is 25.5 Å². The number of nitrogens with one attached hydrogen (secondary N) is 1. The lowest BCUT2D eigenvalue weighted by molar-refractivity contribution is 0.0266. The van der Waals surface area contributed by atoms with Crippen molar-refractivity contribution in [3.05, 3.63) is 23.8 Å². The molecule has 94 valence electrons. The SMILES string of the molecule is CCCC1Oc2c(OC)cccc2C1NOC. The minimum atomic E-state index is 0.0741. The summed E-state index contributed by atoms with van der Waals surface area (Å²) in [6.07, 6.45) is 2.16. The zero-order valence-electron chi connectivity index (χ0n) is 10.5. The highest BCUT2D eigenvalue weighted by Crippen LogP contribution is 2.44. The first-order chi connectivity index (χ1) is 8.31. The largest absolute Gasteiger partial charge is 0.493 e. The van der Waals surface area contributed by atoms with Gasteiger partial charge in [-0.15, -0.1) is 0 Å². The Bertz CT molecular complexity index is 381. The molecule has 4 nitrogen and oxygen atoms in total. The molecule has 0 aliphatic carbocycles. The van der Waals surface area contributed by atoms with Gasteiger partial charge in [0.25, 0.3) is 0 Å². The maximum Gasteiger partial charge on any atom is 0.166 e. The van der Waals surface area contributed by atoms with E-state index in [1.54, 1.807) is 14.2 Å². The molecule has 4 heteroatoms. The molecule has 2 rings (SSSR count). The second-order valence-corrected chi connectivity index (χ2v) is 4.12. The molecule has 0 saturated carbocycles. The maximum atomic E-state index is 5.97. The first-order valence-corrected chi connectivity index (χ1v) is 5.93. The van der Waals surface area contributed by atoms with E-state index in [4.69, 9.17) is 14.3 Å². The van der Waals surface area contributed by atoms with Crippen LogP contribution in [0.25, 0.3) is 0 Å². The van der Waals surface area contributed by atoms with Gasteiger partial charge in [-0.3, -0.25) is 0 Å². The van der Waals surface area contributed by atoms with Gasteiger partial charge in [0.2, 0.25) is 0 Å². The zero-order chi connectivity index (χ0) is 12.3. The lowest BCUT2D eigenvalue weighted by Crippen LogP contribution is -2.30. The molecule has 2 atom stereocenters. The standard InChI is InChI=1S/C13H19NO3/c1-4-6-10-12(14-16-3)9-7-5-8-11(15-2)13(9)17-10/h5,7-8,10,12,14H,4,6H2,1-3H3. The summed E-state index contributed by atoms with van der Waals surface area (Å²) in [5.74, 6) is 1.62. The fourth-order valence-electron chi connectivity index (χ4n) is 2.26. The molecule has 1 heterocycles. The van der Waals surface area contributed by atoms with Crippen molar-refractivity contribution in [2.75, 3.05) is 14.2 Å². The number of hydroxylamine groups is 1. The van der Waals surface area contributed by atoms with Crippen molar-refractivity contribution in [2.45, 2.75) is 31.9 Å². The van der Waals surface area contributed by atoms with Crippen LogP contribution in [-0.2, 0) is 4.84 Å². The number of benzene rings is 1. The molecule has 1 N–H and O–H groups in total. The zero-order valence-corrected chi connectivity index (χ0v) is 10.5. The van der Waals surface area contributed by atoms with Gasteiger partial charge in [-0.2, -0.15) is 5.48 Å². The summed E-state index contributed by atoms with van der Waals surface area (Å²) in [5.41, 5.74) is 4.11. The monoisotopic (exact) mass is 237 g/mol. The molecule has 1 aliphatic rings. The fraction of sp³-hybridized carbons (Fsp3) is 0.538. The third kappa shape index (κ3) is 2.23. The van der Waals surface area contributed by atoms with Gasteiger partial charge < -0.3 is 14.3 Å². The molecule has 0 spiro atoms. The first kappa shape index (κ1) is 12.2. The van der Waals surface area contributed by atoms with E-state index in [9.17, 15) is 0 Å². The Hall–Kier alpha value is -1.26. The normalized spacial score (nSPS) is 22.1. The van der Waals surface area contributed by atoms with Gasteiger partial charge in [0.15, 0.2) is 11.5 Å². The molecule has 1 aromatic rings. The van der Waals surface area contributed by atoms with Crippen LogP contribution in [0.5, 0.6) is 11.5 Å². The van der Waals surface area contributed by atoms with E-state index < -0.39 is 0 Å². The van der Waals surface area contributed by atoms with Gasteiger partial charge in [-0.05, 0) is 12.5 Å². The molecule has 0 saturated heterocycles. The molecule has 1 aliphatic heterocycles. The van der Waals surface area contributed by atoms with Crippen molar-refractivity contribution in [1.29, 1.82) is 0 Å². The Morgan fingerprint density at radius 1 is 1.35 bits per heavy atom. The van der Waals surface area contributed by atoms with E-state index in [1.807, 2.05) is 18.2 Å². The summed E-state index contributed by atoms with van der Waals surface area (Å²) < 4.78 is 11.3. The maximum absolute atomic E-state index is 5.97. The van der Waals surface area contributed by atoms with E-state index >= 15 is 0 Å². The molecular weight excluding hydrogens is 218 g/mol. The summed E-state index contributed by atoms with van der Waals surface area (Å²) in [6, 6.07) is 6.01. The highest BCUT2D eigenvalue weighted by Gasteiger charge is 2.35. The van der Waals surface area contributed by atoms with Gasteiger partial charge in [0.05, 0.1) is 20.3 Å². The van der Waals surface area contributed by atoms with E-state index in [2.05, 4.69) is 12.4 Å². The number of hydrogen-bond donors (Lipinski definition) is 1. The molecule has 0 aromatic heterocycles. The average Bonchev–Trinajstić information content (AvgIpc) is 2.69. The molecule has 0 fully saturated rings. The van der Waals surface area contributed by atoms with Crippen LogP contribution in [0.2, 0.25) is 0 Å². The Morgan fingerprint density at radius 3 is 2.82 bits per heavy atom. The van der Waals surface area contributed by atoms with Crippen molar-refractivity contribution >= 4 is 0 Å². The topological polar surface area (TPSA) is 39.7 Å². The molecule has 1 aromatic carbocycles. The molecule has 17 heavy (non-hydrogen) atoms. The van der Waals surface area contributed by atoms with Gasteiger partial charge in [-0.25, -0.2) is 0 Å². The summed E-state index contributed by atoms with van der Waals surface area (Å²) in [5, 5.41) is 0. The van der Waals surface area contributed by atoms with Crippen LogP contribution in [0.1, 0.15) is 31.4 Å². The van der Waals surface area contributed by atoms with Crippen LogP contribution >= 0.6 is 0 Å². The highest BCUT2D eigenvalue weighted by molar-refractivity contribution is 5.51.